The second kappa shape index (κ2) is 5.13. The van der Waals surface area contributed by atoms with Crippen molar-refractivity contribution < 1.29 is 9.90 Å². The molecule has 0 saturated heterocycles. The highest BCUT2D eigenvalue weighted by Gasteiger charge is 2.42. The molecule has 6 heteroatoms. The standard InChI is InChI=1S/C13H14BrClN2O2/c1-7-3-4-8(12(18)19)13(2,5-7)11-10(15)9(6-14)16-17-11/h3-5,8H,6H2,1-2H3,(H,16,17)(H,18,19). The van der Waals surface area contributed by atoms with Gasteiger partial charge >= 0.3 is 5.97 Å². The lowest BCUT2D eigenvalue weighted by Gasteiger charge is -2.32. The van der Waals surface area contributed by atoms with Crippen LogP contribution in [0.2, 0.25) is 5.02 Å². The topological polar surface area (TPSA) is 66.0 Å². The summed E-state index contributed by atoms with van der Waals surface area (Å²) in [5, 5.41) is 17.5. The Labute approximate surface area is 124 Å². The summed E-state index contributed by atoms with van der Waals surface area (Å²) in [6.45, 7) is 3.78. The van der Waals surface area contributed by atoms with Crippen LogP contribution >= 0.6 is 27.5 Å². The summed E-state index contributed by atoms with van der Waals surface area (Å²) in [6, 6.07) is 0. The van der Waals surface area contributed by atoms with Crippen LogP contribution in [0.5, 0.6) is 0 Å². The van der Waals surface area contributed by atoms with Crippen molar-refractivity contribution in [2.24, 2.45) is 5.92 Å². The molecule has 1 aliphatic rings. The van der Waals surface area contributed by atoms with E-state index in [-0.39, 0.29) is 0 Å². The summed E-state index contributed by atoms with van der Waals surface area (Å²) in [6.07, 6.45) is 5.41. The maximum atomic E-state index is 11.5. The van der Waals surface area contributed by atoms with Crippen molar-refractivity contribution in [2.45, 2.75) is 24.6 Å². The number of rotatable bonds is 3. The molecule has 0 saturated carbocycles. The van der Waals surface area contributed by atoms with Gasteiger partial charge in [-0.3, -0.25) is 9.89 Å². The average molecular weight is 346 g/mol. The molecule has 1 heterocycles. The van der Waals surface area contributed by atoms with E-state index in [1.54, 1.807) is 6.08 Å². The van der Waals surface area contributed by atoms with E-state index in [1.807, 2.05) is 26.0 Å². The molecule has 2 rings (SSSR count). The molecule has 4 nitrogen and oxygen atoms in total. The number of carboxylic acids is 1. The first-order valence-electron chi connectivity index (χ1n) is 5.79. The van der Waals surface area contributed by atoms with Gasteiger partial charge in [-0.15, -0.1) is 0 Å². The van der Waals surface area contributed by atoms with E-state index in [0.717, 1.165) is 11.3 Å². The fraction of sp³-hybridized carbons (Fsp3) is 0.385. The third-order valence-electron chi connectivity index (χ3n) is 3.41. The third-order valence-corrected chi connectivity index (χ3v) is 4.38. The number of H-pyrrole nitrogens is 1. The number of aromatic amines is 1. The van der Waals surface area contributed by atoms with Gasteiger partial charge in [0.15, 0.2) is 0 Å². The Kier molecular flexibility index (Phi) is 3.87. The van der Waals surface area contributed by atoms with Crippen LogP contribution in [0.3, 0.4) is 0 Å². The van der Waals surface area contributed by atoms with Crippen molar-refractivity contribution in [3.05, 3.63) is 40.2 Å². The number of alkyl halides is 1. The quantitative estimate of drug-likeness (QED) is 0.825. The minimum atomic E-state index is -0.887. The molecular weight excluding hydrogens is 332 g/mol. The molecule has 102 valence electrons. The highest BCUT2D eigenvalue weighted by molar-refractivity contribution is 9.08. The first kappa shape index (κ1) is 14.3. The highest BCUT2D eigenvalue weighted by atomic mass is 79.9. The van der Waals surface area contributed by atoms with Gasteiger partial charge in [0, 0.05) is 10.7 Å². The predicted octanol–water partition coefficient (Wildman–Crippen LogP) is 3.43. The number of hydrogen-bond donors (Lipinski definition) is 2. The first-order valence-corrected chi connectivity index (χ1v) is 7.29. The van der Waals surface area contributed by atoms with Crippen molar-refractivity contribution in [3.63, 3.8) is 0 Å². The molecule has 0 amide bonds. The zero-order valence-electron chi connectivity index (χ0n) is 10.6. The van der Waals surface area contributed by atoms with Crippen molar-refractivity contribution >= 4 is 33.5 Å². The zero-order valence-corrected chi connectivity index (χ0v) is 12.9. The van der Waals surface area contributed by atoms with E-state index >= 15 is 0 Å². The van der Waals surface area contributed by atoms with Crippen molar-refractivity contribution in [1.82, 2.24) is 10.2 Å². The van der Waals surface area contributed by atoms with Gasteiger partial charge in [0.2, 0.25) is 0 Å². The Morgan fingerprint density at radius 1 is 1.68 bits per heavy atom. The molecule has 19 heavy (non-hydrogen) atoms. The normalized spacial score (nSPS) is 26.3. The molecular formula is C13H14BrClN2O2. The van der Waals surface area contributed by atoms with Crippen LogP contribution in [0.25, 0.3) is 0 Å². The van der Waals surface area contributed by atoms with Gasteiger partial charge in [0.05, 0.1) is 22.3 Å². The van der Waals surface area contributed by atoms with Crippen molar-refractivity contribution in [1.29, 1.82) is 0 Å². The minimum absolute atomic E-state index is 0.491. The molecule has 2 unspecified atom stereocenters. The number of hydrogen-bond acceptors (Lipinski definition) is 2. The summed E-state index contributed by atoms with van der Waals surface area (Å²) in [4.78, 5) is 11.5. The number of halogens is 2. The van der Waals surface area contributed by atoms with Crippen LogP contribution in [0.1, 0.15) is 25.2 Å². The van der Waals surface area contributed by atoms with Crippen molar-refractivity contribution in [2.75, 3.05) is 0 Å². The van der Waals surface area contributed by atoms with Gasteiger partial charge in [0.1, 0.15) is 0 Å². The molecule has 1 aromatic rings. The maximum Gasteiger partial charge on any atom is 0.311 e. The number of carboxylic acid groups (broad SMARTS) is 1. The average Bonchev–Trinajstić information content (AvgIpc) is 2.70. The summed E-state index contributed by atoms with van der Waals surface area (Å²) in [5.74, 6) is -1.57. The van der Waals surface area contributed by atoms with E-state index in [0.29, 0.717) is 16.0 Å². The van der Waals surface area contributed by atoms with E-state index in [4.69, 9.17) is 11.6 Å². The van der Waals surface area contributed by atoms with Crippen LogP contribution < -0.4 is 0 Å². The van der Waals surface area contributed by atoms with Gasteiger partial charge in [0.25, 0.3) is 0 Å². The Morgan fingerprint density at radius 3 is 2.89 bits per heavy atom. The molecule has 0 radical (unpaired) electrons. The molecule has 2 atom stereocenters. The number of aromatic nitrogens is 2. The largest absolute Gasteiger partial charge is 0.481 e. The second-order valence-electron chi connectivity index (χ2n) is 4.84. The van der Waals surface area contributed by atoms with Gasteiger partial charge in [-0.1, -0.05) is 51.3 Å². The van der Waals surface area contributed by atoms with Gasteiger partial charge in [-0.05, 0) is 13.8 Å². The molecule has 0 aromatic carbocycles. The van der Waals surface area contributed by atoms with Gasteiger partial charge < -0.3 is 5.11 Å². The predicted molar refractivity (Wildman–Crippen MR) is 77.6 cm³/mol. The molecule has 1 aliphatic carbocycles. The van der Waals surface area contributed by atoms with Gasteiger partial charge in [-0.2, -0.15) is 5.10 Å². The second-order valence-corrected chi connectivity index (χ2v) is 5.78. The van der Waals surface area contributed by atoms with E-state index in [2.05, 4.69) is 26.1 Å². The van der Waals surface area contributed by atoms with Gasteiger partial charge in [-0.25, -0.2) is 0 Å². The minimum Gasteiger partial charge on any atom is -0.481 e. The van der Waals surface area contributed by atoms with Crippen LogP contribution in [0, 0.1) is 5.92 Å². The highest BCUT2D eigenvalue weighted by Crippen LogP contribution is 2.41. The first-order chi connectivity index (χ1) is 8.90. The molecule has 2 N–H and O–H groups in total. The Bertz CT molecular complexity index is 579. The SMILES string of the molecule is CC1=CC(C)(c2n[nH]c(CBr)c2Cl)C(C(=O)O)C=C1. The van der Waals surface area contributed by atoms with Crippen LogP contribution in [-0.4, -0.2) is 21.3 Å². The Morgan fingerprint density at radius 2 is 2.37 bits per heavy atom. The molecule has 0 bridgehead atoms. The van der Waals surface area contributed by atoms with Crippen molar-refractivity contribution in [3.8, 4) is 0 Å². The Hall–Kier alpha value is -1.07. The number of nitrogens with zero attached hydrogens (tertiary/aromatic N) is 1. The summed E-state index contributed by atoms with van der Waals surface area (Å²) >= 11 is 9.61. The number of aliphatic carboxylic acids is 1. The van der Waals surface area contributed by atoms with E-state index in [9.17, 15) is 9.90 Å². The molecule has 0 aliphatic heterocycles. The monoisotopic (exact) mass is 344 g/mol. The smallest absolute Gasteiger partial charge is 0.311 e. The summed E-state index contributed by atoms with van der Waals surface area (Å²) < 4.78 is 0. The Balaban J connectivity index is 2.57. The van der Waals surface area contributed by atoms with Crippen LogP contribution in [0.4, 0.5) is 0 Å². The number of carbonyl (C=O) groups is 1. The fourth-order valence-electron chi connectivity index (χ4n) is 2.42. The van der Waals surface area contributed by atoms with Crippen LogP contribution in [-0.2, 0) is 15.5 Å². The third kappa shape index (κ3) is 2.37. The number of nitrogens with one attached hydrogen (secondary N) is 1. The molecule has 0 spiro atoms. The molecule has 1 aromatic heterocycles. The summed E-state index contributed by atoms with van der Waals surface area (Å²) in [5.41, 5.74) is 1.57. The fourth-order valence-corrected chi connectivity index (χ4v) is 3.35. The lowest BCUT2D eigenvalue weighted by molar-refractivity contribution is -0.141. The maximum absolute atomic E-state index is 11.5. The lowest BCUT2D eigenvalue weighted by Crippen LogP contribution is -2.37. The van der Waals surface area contributed by atoms with E-state index in [1.165, 1.54) is 0 Å². The van der Waals surface area contributed by atoms with E-state index < -0.39 is 17.3 Å². The number of allylic oxidation sites excluding steroid dienone is 3. The zero-order chi connectivity index (χ0) is 14.2. The van der Waals surface area contributed by atoms with Crippen LogP contribution in [0.15, 0.2) is 23.8 Å². The summed E-state index contributed by atoms with van der Waals surface area (Å²) in [7, 11) is 0. The molecule has 0 fully saturated rings. The lowest BCUT2D eigenvalue weighted by atomic mass is 9.70.